The average Bonchev–Trinajstić information content (AvgIpc) is 2.54. The summed E-state index contributed by atoms with van der Waals surface area (Å²) in [7, 11) is 0. The Morgan fingerprint density at radius 3 is 1.93 bits per heavy atom. The van der Waals surface area contributed by atoms with Crippen molar-refractivity contribution in [2.24, 2.45) is 5.73 Å². The van der Waals surface area contributed by atoms with Crippen LogP contribution in [0.5, 0.6) is 0 Å². The van der Waals surface area contributed by atoms with Crippen molar-refractivity contribution in [3.8, 4) is 0 Å². The Kier molecular flexibility index (Phi) is 10.0. The lowest BCUT2D eigenvalue weighted by atomic mass is 10.1. The molecule has 8 N–H and O–H groups in total. The highest BCUT2D eigenvalue weighted by Gasteiger charge is 2.28. The Morgan fingerprint density at radius 2 is 1.48 bits per heavy atom. The Labute approximate surface area is 153 Å². The first kappa shape index (κ1) is 23.8. The molecule has 0 aromatic rings. The molecule has 0 rings (SSSR count). The van der Waals surface area contributed by atoms with Gasteiger partial charge in [-0.25, -0.2) is 4.79 Å². The minimum absolute atomic E-state index is 0.381. The summed E-state index contributed by atoms with van der Waals surface area (Å²) in [5, 5.41) is 32.6. The first-order valence-corrected chi connectivity index (χ1v) is 7.73. The number of hydrogen-bond donors (Lipinski definition) is 7. The molecule has 0 aromatic heterocycles. The molecule has 13 heteroatoms. The van der Waals surface area contributed by atoms with Crippen LogP contribution in [0, 0.1) is 0 Å². The number of nitrogens with two attached hydrogens (primary N) is 1. The zero-order valence-electron chi connectivity index (χ0n) is 14.4. The Bertz CT molecular complexity index is 605. The second kappa shape index (κ2) is 11.4. The van der Waals surface area contributed by atoms with Crippen molar-refractivity contribution in [3.63, 3.8) is 0 Å². The molecule has 0 saturated heterocycles. The van der Waals surface area contributed by atoms with Crippen molar-refractivity contribution in [2.45, 2.75) is 44.3 Å². The lowest BCUT2D eigenvalue weighted by Crippen LogP contribution is -2.54. The van der Waals surface area contributed by atoms with E-state index in [4.69, 9.17) is 21.1 Å². The average molecular weight is 390 g/mol. The highest BCUT2D eigenvalue weighted by Crippen LogP contribution is 2.01. The molecular weight excluding hydrogens is 368 g/mol. The van der Waals surface area contributed by atoms with E-state index in [9.17, 15) is 28.8 Å². The van der Waals surface area contributed by atoms with Crippen LogP contribution in [0.2, 0.25) is 0 Å². The maximum atomic E-state index is 12.2. The fraction of sp³-hybridized carbons (Fsp3) is 0.571. The molecule has 0 aliphatic carbocycles. The number of aliphatic carboxylic acids is 3. The lowest BCUT2D eigenvalue weighted by Gasteiger charge is -2.20. The van der Waals surface area contributed by atoms with Crippen LogP contribution in [0.4, 0.5) is 0 Å². The van der Waals surface area contributed by atoms with E-state index in [0.717, 1.165) is 0 Å². The van der Waals surface area contributed by atoms with Crippen LogP contribution in [0.15, 0.2) is 0 Å². The van der Waals surface area contributed by atoms with E-state index >= 15 is 0 Å². The molecule has 0 aliphatic rings. The molecule has 0 saturated carbocycles. The topological polar surface area (TPSA) is 225 Å². The number of carboxylic acid groups (broad SMARTS) is 3. The van der Waals surface area contributed by atoms with Gasteiger partial charge in [0, 0.05) is 6.42 Å². The van der Waals surface area contributed by atoms with E-state index < -0.39 is 73.1 Å². The molecule has 0 heterocycles. The molecule has 0 bridgehead atoms. The highest BCUT2D eigenvalue weighted by atomic mass is 16.4. The molecule has 0 aromatic carbocycles. The van der Waals surface area contributed by atoms with Crippen molar-refractivity contribution >= 4 is 35.6 Å². The van der Waals surface area contributed by atoms with Gasteiger partial charge in [-0.15, -0.1) is 0 Å². The monoisotopic (exact) mass is 390 g/mol. The van der Waals surface area contributed by atoms with Gasteiger partial charge < -0.3 is 37.0 Å². The fourth-order valence-corrected chi connectivity index (χ4v) is 1.76. The molecule has 0 fully saturated rings. The van der Waals surface area contributed by atoms with Gasteiger partial charge in [0.05, 0.1) is 19.0 Å². The number of rotatable bonds is 12. The predicted octanol–water partition coefficient (Wildman–Crippen LogP) is -3.16. The summed E-state index contributed by atoms with van der Waals surface area (Å²) in [4.78, 5) is 67.6. The van der Waals surface area contributed by atoms with E-state index in [2.05, 4.69) is 10.6 Å². The van der Waals surface area contributed by atoms with Crippen molar-refractivity contribution in [3.05, 3.63) is 0 Å². The molecule has 0 aliphatic heterocycles. The van der Waals surface area contributed by atoms with Gasteiger partial charge in [0.15, 0.2) is 0 Å². The third-order valence-corrected chi connectivity index (χ3v) is 3.13. The molecule has 3 atom stereocenters. The largest absolute Gasteiger partial charge is 0.481 e. The van der Waals surface area contributed by atoms with Crippen molar-refractivity contribution < 1.29 is 44.1 Å². The van der Waals surface area contributed by atoms with E-state index in [1.165, 1.54) is 6.92 Å². The third kappa shape index (κ3) is 10.4. The molecule has 0 spiro atoms. The van der Waals surface area contributed by atoms with Gasteiger partial charge in [-0.1, -0.05) is 0 Å². The smallest absolute Gasteiger partial charge is 0.326 e. The van der Waals surface area contributed by atoms with Crippen LogP contribution in [0.1, 0.15) is 26.2 Å². The minimum Gasteiger partial charge on any atom is -0.481 e. The zero-order valence-corrected chi connectivity index (χ0v) is 14.4. The van der Waals surface area contributed by atoms with Gasteiger partial charge in [0.25, 0.3) is 0 Å². The number of carbonyl (C=O) groups is 6. The van der Waals surface area contributed by atoms with Crippen molar-refractivity contribution in [2.75, 3.05) is 6.54 Å². The summed E-state index contributed by atoms with van der Waals surface area (Å²) in [6, 6.07) is -4.09. The van der Waals surface area contributed by atoms with Gasteiger partial charge in [0.2, 0.25) is 17.7 Å². The number of hydrogen-bond acceptors (Lipinski definition) is 7. The number of carboxylic acids is 3. The molecule has 13 nitrogen and oxygen atoms in total. The molecular formula is C14H22N4O9. The quantitative estimate of drug-likeness (QED) is 0.177. The summed E-state index contributed by atoms with van der Waals surface area (Å²) in [5.74, 6) is -6.92. The molecule has 3 unspecified atom stereocenters. The van der Waals surface area contributed by atoms with Crippen LogP contribution >= 0.6 is 0 Å². The summed E-state index contributed by atoms with van der Waals surface area (Å²) < 4.78 is 0. The Hall–Kier alpha value is -3.22. The van der Waals surface area contributed by atoms with Gasteiger partial charge in [-0.05, 0) is 13.3 Å². The number of amides is 3. The number of nitrogens with one attached hydrogen (secondary N) is 3. The van der Waals surface area contributed by atoms with Crippen LogP contribution in [-0.2, 0) is 28.8 Å². The van der Waals surface area contributed by atoms with E-state index in [1.807, 2.05) is 5.32 Å². The lowest BCUT2D eigenvalue weighted by molar-refractivity contribution is -0.147. The summed E-state index contributed by atoms with van der Waals surface area (Å²) >= 11 is 0. The van der Waals surface area contributed by atoms with Gasteiger partial charge >= 0.3 is 17.9 Å². The Morgan fingerprint density at radius 1 is 0.889 bits per heavy atom. The fourth-order valence-electron chi connectivity index (χ4n) is 1.76. The molecule has 0 radical (unpaired) electrons. The Balaban J connectivity index is 4.99. The van der Waals surface area contributed by atoms with Gasteiger partial charge in [0.1, 0.15) is 12.1 Å². The van der Waals surface area contributed by atoms with E-state index in [-0.39, 0.29) is 6.42 Å². The van der Waals surface area contributed by atoms with Gasteiger partial charge in [-0.3, -0.25) is 24.0 Å². The molecule has 152 valence electrons. The van der Waals surface area contributed by atoms with E-state index in [1.54, 1.807) is 0 Å². The van der Waals surface area contributed by atoms with Crippen LogP contribution in [0.25, 0.3) is 0 Å². The first-order chi connectivity index (χ1) is 12.4. The van der Waals surface area contributed by atoms with Crippen molar-refractivity contribution in [1.82, 2.24) is 16.0 Å². The summed E-state index contributed by atoms with van der Waals surface area (Å²) in [6.45, 7) is 0.833. The number of carbonyl (C=O) groups excluding carboxylic acids is 3. The molecule has 3 amide bonds. The first-order valence-electron chi connectivity index (χ1n) is 7.73. The van der Waals surface area contributed by atoms with Gasteiger partial charge in [-0.2, -0.15) is 0 Å². The maximum Gasteiger partial charge on any atom is 0.326 e. The van der Waals surface area contributed by atoms with Crippen LogP contribution in [-0.4, -0.2) is 75.6 Å². The zero-order chi connectivity index (χ0) is 21.1. The predicted molar refractivity (Wildman–Crippen MR) is 87.3 cm³/mol. The summed E-state index contributed by atoms with van der Waals surface area (Å²) in [5.41, 5.74) is 5.30. The van der Waals surface area contributed by atoms with Crippen LogP contribution in [0.3, 0.4) is 0 Å². The van der Waals surface area contributed by atoms with Crippen molar-refractivity contribution in [1.29, 1.82) is 0 Å². The summed E-state index contributed by atoms with van der Waals surface area (Å²) in [6.07, 6.45) is -1.82. The van der Waals surface area contributed by atoms with Crippen LogP contribution < -0.4 is 21.7 Å². The third-order valence-electron chi connectivity index (χ3n) is 3.13. The second-order valence-corrected chi connectivity index (χ2v) is 5.56. The SMILES string of the molecule is CC(N)C(=O)NCC(=O)NC(CCC(=O)O)C(=O)NC(CC(=O)O)C(=O)O. The normalized spacial score (nSPS) is 13.6. The second-order valence-electron chi connectivity index (χ2n) is 5.56. The highest BCUT2D eigenvalue weighted by molar-refractivity contribution is 5.93. The van der Waals surface area contributed by atoms with E-state index in [0.29, 0.717) is 0 Å². The molecule has 27 heavy (non-hydrogen) atoms. The minimum atomic E-state index is -1.77. The maximum absolute atomic E-state index is 12.2. The standard InChI is InChI=1S/C14H22N4O9/c1-6(15)12(24)16-5-9(19)17-7(2-3-10(20)21)13(25)18-8(14(26)27)4-11(22)23/h6-8H,2-5,15H2,1H3,(H,16,24)(H,17,19)(H,18,25)(H,20,21)(H,22,23)(H,26,27).